The van der Waals surface area contributed by atoms with E-state index in [1.165, 1.54) is 25.7 Å². The molecule has 0 aromatic heterocycles. The third-order valence-electron chi connectivity index (χ3n) is 4.34. The highest BCUT2D eigenvalue weighted by Crippen LogP contribution is 2.50. The van der Waals surface area contributed by atoms with Crippen LogP contribution in [0.2, 0.25) is 0 Å². The Morgan fingerprint density at radius 2 is 2.14 bits per heavy atom. The van der Waals surface area contributed by atoms with Gasteiger partial charge in [-0.2, -0.15) is 0 Å². The third kappa shape index (κ3) is 1.96. The molecule has 0 saturated heterocycles. The van der Waals surface area contributed by atoms with Gasteiger partial charge < -0.3 is 9.84 Å². The van der Waals surface area contributed by atoms with Crippen LogP contribution in [0.15, 0.2) is 0 Å². The fourth-order valence-electron chi connectivity index (χ4n) is 3.32. The SMILES string of the molecule is COC(C)C(O)CC1CC2CCC1C2. The van der Waals surface area contributed by atoms with Gasteiger partial charge in [0.25, 0.3) is 0 Å². The van der Waals surface area contributed by atoms with Crippen LogP contribution in [0.1, 0.15) is 39.0 Å². The zero-order chi connectivity index (χ0) is 10.1. The molecule has 2 bridgehead atoms. The molecule has 1 N–H and O–H groups in total. The van der Waals surface area contributed by atoms with Gasteiger partial charge in [-0.1, -0.05) is 6.42 Å². The maximum absolute atomic E-state index is 9.88. The topological polar surface area (TPSA) is 29.5 Å². The van der Waals surface area contributed by atoms with Crippen molar-refractivity contribution in [2.45, 2.75) is 51.2 Å². The first-order valence-corrected chi connectivity index (χ1v) is 5.91. The minimum Gasteiger partial charge on any atom is -0.390 e. The van der Waals surface area contributed by atoms with Crippen LogP contribution in [-0.4, -0.2) is 24.4 Å². The van der Waals surface area contributed by atoms with E-state index in [-0.39, 0.29) is 12.2 Å². The van der Waals surface area contributed by atoms with Crippen molar-refractivity contribution in [2.24, 2.45) is 17.8 Å². The quantitative estimate of drug-likeness (QED) is 0.750. The lowest BCUT2D eigenvalue weighted by Crippen LogP contribution is -2.28. The Balaban J connectivity index is 1.80. The maximum atomic E-state index is 9.88. The molecule has 2 aliphatic carbocycles. The van der Waals surface area contributed by atoms with E-state index in [1.807, 2.05) is 6.92 Å². The number of rotatable bonds is 4. The van der Waals surface area contributed by atoms with Crippen molar-refractivity contribution in [1.29, 1.82) is 0 Å². The Kier molecular flexibility index (Phi) is 3.13. The van der Waals surface area contributed by atoms with Gasteiger partial charge in [-0.15, -0.1) is 0 Å². The highest BCUT2D eigenvalue weighted by atomic mass is 16.5. The van der Waals surface area contributed by atoms with Gasteiger partial charge in [0.05, 0.1) is 12.2 Å². The molecule has 2 saturated carbocycles. The fourth-order valence-corrected chi connectivity index (χ4v) is 3.32. The highest BCUT2D eigenvalue weighted by Gasteiger charge is 2.40. The summed E-state index contributed by atoms with van der Waals surface area (Å²) in [5.74, 6) is 2.68. The minimum absolute atomic E-state index is 0.00544. The number of methoxy groups -OCH3 is 1. The summed E-state index contributed by atoms with van der Waals surface area (Å²) in [6, 6.07) is 0. The molecule has 0 heterocycles. The minimum atomic E-state index is -0.260. The molecule has 0 amide bonds. The molecule has 5 atom stereocenters. The fraction of sp³-hybridized carbons (Fsp3) is 1.00. The molecule has 2 nitrogen and oxygen atoms in total. The molecule has 0 radical (unpaired) electrons. The largest absolute Gasteiger partial charge is 0.390 e. The lowest BCUT2D eigenvalue weighted by molar-refractivity contribution is -0.0162. The summed E-state index contributed by atoms with van der Waals surface area (Å²) in [5, 5.41) is 9.88. The first kappa shape index (κ1) is 10.4. The average Bonchev–Trinajstić information content (AvgIpc) is 2.77. The van der Waals surface area contributed by atoms with E-state index in [0.717, 1.165) is 24.2 Å². The summed E-state index contributed by atoms with van der Waals surface area (Å²) in [5.41, 5.74) is 0. The second-order valence-electron chi connectivity index (χ2n) is 5.18. The average molecular weight is 198 g/mol. The number of hydrogen-bond acceptors (Lipinski definition) is 2. The molecule has 14 heavy (non-hydrogen) atoms. The maximum Gasteiger partial charge on any atom is 0.0802 e. The van der Waals surface area contributed by atoms with Crippen LogP contribution in [0.3, 0.4) is 0 Å². The predicted octanol–water partition coefficient (Wildman–Crippen LogP) is 2.21. The lowest BCUT2D eigenvalue weighted by Gasteiger charge is -2.26. The summed E-state index contributed by atoms with van der Waals surface area (Å²) in [4.78, 5) is 0. The Morgan fingerprint density at radius 3 is 2.64 bits per heavy atom. The van der Waals surface area contributed by atoms with Crippen molar-refractivity contribution >= 4 is 0 Å². The van der Waals surface area contributed by atoms with E-state index in [0.29, 0.717) is 0 Å². The van der Waals surface area contributed by atoms with Crippen molar-refractivity contribution < 1.29 is 9.84 Å². The van der Waals surface area contributed by atoms with Crippen LogP contribution in [0.25, 0.3) is 0 Å². The van der Waals surface area contributed by atoms with Gasteiger partial charge in [0.1, 0.15) is 0 Å². The standard InChI is InChI=1S/C12H22O2/c1-8(14-2)12(13)7-11-6-9-3-4-10(11)5-9/h8-13H,3-7H2,1-2H3. The molecule has 2 heteroatoms. The number of aliphatic hydroxyl groups is 1. The zero-order valence-electron chi connectivity index (χ0n) is 9.28. The molecule has 0 spiro atoms. The van der Waals surface area contributed by atoms with Gasteiger partial charge in [0.15, 0.2) is 0 Å². The zero-order valence-corrected chi connectivity index (χ0v) is 9.28. The van der Waals surface area contributed by atoms with Gasteiger partial charge in [0.2, 0.25) is 0 Å². The summed E-state index contributed by atoms with van der Waals surface area (Å²) in [6.45, 7) is 1.96. The van der Waals surface area contributed by atoms with Crippen LogP contribution in [-0.2, 0) is 4.74 Å². The summed E-state index contributed by atoms with van der Waals surface area (Å²) >= 11 is 0. The molecule has 82 valence electrons. The van der Waals surface area contributed by atoms with Crippen LogP contribution < -0.4 is 0 Å². The van der Waals surface area contributed by atoms with Crippen molar-refractivity contribution in [3.8, 4) is 0 Å². The molecule has 0 aromatic rings. The number of aliphatic hydroxyl groups excluding tert-OH is 1. The molecule has 2 rings (SSSR count). The smallest absolute Gasteiger partial charge is 0.0802 e. The molecule has 2 aliphatic rings. The van der Waals surface area contributed by atoms with Gasteiger partial charge in [-0.25, -0.2) is 0 Å². The van der Waals surface area contributed by atoms with E-state index in [4.69, 9.17) is 4.74 Å². The van der Waals surface area contributed by atoms with Gasteiger partial charge in [0, 0.05) is 7.11 Å². The molecule has 5 unspecified atom stereocenters. The Hall–Kier alpha value is -0.0800. The highest BCUT2D eigenvalue weighted by molar-refractivity contribution is 4.91. The van der Waals surface area contributed by atoms with Crippen LogP contribution >= 0.6 is 0 Å². The van der Waals surface area contributed by atoms with E-state index in [2.05, 4.69) is 0 Å². The second-order valence-corrected chi connectivity index (χ2v) is 5.18. The van der Waals surface area contributed by atoms with E-state index >= 15 is 0 Å². The normalized spacial score (nSPS) is 40.1. The van der Waals surface area contributed by atoms with E-state index in [9.17, 15) is 5.11 Å². The molecular weight excluding hydrogens is 176 g/mol. The Bertz CT molecular complexity index is 193. The Labute approximate surface area is 86.6 Å². The lowest BCUT2D eigenvalue weighted by atomic mass is 9.84. The molecular formula is C12H22O2. The summed E-state index contributed by atoms with van der Waals surface area (Å²) < 4.78 is 5.15. The Morgan fingerprint density at radius 1 is 1.36 bits per heavy atom. The van der Waals surface area contributed by atoms with Gasteiger partial charge >= 0.3 is 0 Å². The predicted molar refractivity (Wildman–Crippen MR) is 56.0 cm³/mol. The third-order valence-corrected chi connectivity index (χ3v) is 4.34. The molecule has 0 aromatic carbocycles. The monoisotopic (exact) mass is 198 g/mol. The first-order chi connectivity index (χ1) is 6.70. The van der Waals surface area contributed by atoms with E-state index in [1.54, 1.807) is 7.11 Å². The molecule has 0 aliphatic heterocycles. The van der Waals surface area contributed by atoms with Gasteiger partial charge in [-0.05, 0) is 50.4 Å². The van der Waals surface area contributed by atoms with Crippen LogP contribution in [0, 0.1) is 17.8 Å². The summed E-state index contributed by atoms with van der Waals surface area (Å²) in [6.07, 6.45) is 6.33. The second kappa shape index (κ2) is 4.19. The van der Waals surface area contributed by atoms with Crippen molar-refractivity contribution in [3.05, 3.63) is 0 Å². The molecule has 2 fully saturated rings. The van der Waals surface area contributed by atoms with Crippen molar-refractivity contribution in [2.75, 3.05) is 7.11 Å². The first-order valence-electron chi connectivity index (χ1n) is 5.91. The number of hydrogen-bond donors (Lipinski definition) is 1. The number of ether oxygens (including phenoxy) is 1. The van der Waals surface area contributed by atoms with Crippen LogP contribution in [0.4, 0.5) is 0 Å². The number of fused-ring (bicyclic) bond motifs is 2. The van der Waals surface area contributed by atoms with Crippen molar-refractivity contribution in [1.82, 2.24) is 0 Å². The van der Waals surface area contributed by atoms with E-state index < -0.39 is 0 Å². The summed E-state index contributed by atoms with van der Waals surface area (Å²) in [7, 11) is 1.68. The van der Waals surface area contributed by atoms with Crippen molar-refractivity contribution in [3.63, 3.8) is 0 Å². The van der Waals surface area contributed by atoms with Gasteiger partial charge in [-0.3, -0.25) is 0 Å². The van der Waals surface area contributed by atoms with Crippen LogP contribution in [0.5, 0.6) is 0 Å².